The molecule has 0 spiro atoms. The van der Waals surface area contributed by atoms with Crippen molar-refractivity contribution >= 4 is 34.4 Å². The number of nitrogens with zero attached hydrogens (tertiary/aromatic N) is 1. The summed E-state index contributed by atoms with van der Waals surface area (Å²) in [5.41, 5.74) is -0.195. The molecule has 0 amide bonds. The van der Waals surface area contributed by atoms with Gasteiger partial charge in [0.15, 0.2) is 11.6 Å². The number of benzene rings is 3. The fraction of sp³-hybridized carbons (Fsp3) is 0.200. The minimum atomic E-state index is -4.45. The lowest BCUT2D eigenvalue weighted by Gasteiger charge is -2.10. The normalized spacial score (nSPS) is 11.2. The number of hydrogen-bond donors (Lipinski definition) is 1. The Morgan fingerprint density at radius 2 is 1.48 bits per heavy atom. The molecular weight excluding hydrogens is 559 g/mol. The van der Waals surface area contributed by atoms with Crippen LogP contribution in [0.25, 0.3) is 10.9 Å². The first-order valence-electron chi connectivity index (χ1n) is 12.5. The second-order valence-corrected chi connectivity index (χ2v) is 9.13. The molecule has 0 unspecified atom stereocenters. The van der Waals surface area contributed by atoms with Gasteiger partial charge in [-0.3, -0.25) is 14.4 Å². The summed E-state index contributed by atoms with van der Waals surface area (Å²) in [7, 11) is 1.21. The fourth-order valence-electron chi connectivity index (χ4n) is 4.09. The van der Waals surface area contributed by atoms with Gasteiger partial charge >= 0.3 is 18.1 Å². The minimum Gasteiger partial charge on any atom is -0.486 e. The molecule has 218 valence electrons. The highest BCUT2D eigenvalue weighted by atomic mass is 19.4. The average molecular weight is 584 g/mol. The fourth-order valence-corrected chi connectivity index (χ4v) is 4.09. The zero-order valence-electron chi connectivity index (χ0n) is 22.1. The number of alkyl halides is 3. The molecule has 9 nitrogen and oxygen atoms in total. The Hall–Kier alpha value is -5.13. The molecule has 1 N–H and O–H groups in total. The molecule has 1 heterocycles. The van der Waals surface area contributed by atoms with Gasteiger partial charge in [0.2, 0.25) is 0 Å². The summed E-state index contributed by atoms with van der Waals surface area (Å²) in [6, 6.07) is 14.6. The highest BCUT2D eigenvalue weighted by Gasteiger charge is 2.30. The van der Waals surface area contributed by atoms with Crippen molar-refractivity contribution in [2.24, 2.45) is 0 Å². The Kier molecular flexibility index (Phi) is 8.94. The Bertz CT molecular complexity index is 1620. The van der Waals surface area contributed by atoms with Crippen LogP contribution in [0.1, 0.15) is 39.1 Å². The van der Waals surface area contributed by atoms with Crippen molar-refractivity contribution in [3.63, 3.8) is 0 Å². The number of aromatic carboxylic acids is 1. The van der Waals surface area contributed by atoms with Gasteiger partial charge in [-0.25, -0.2) is 4.79 Å². The number of carboxylic acid groups (broad SMARTS) is 1. The first-order valence-corrected chi connectivity index (χ1v) is 12.5. The monoisotopic (exact) mass is 583 g/mol. The zero-order chi connectivity index (χ0) is 30.4. The van der Waals surface area contributed by atoms with Crippen LogP contribution in [0, 0.1) is 0 Å². The van der Waals surface area contributed by atoms with E-state index in [4.69, 9.17) is 9.47 Å². The summed E-state index contributed by atoms with van der Waals surface area (Å²) in [5.74, 6) is -1.61. The van der Waals surface area contributed by atoms with E-state index >= 15 is 0 Å². The van der Waals surface area contributed by atoms with Crippen LogP contribution in [0.4, 0.5) is 13.2 Å². The van der Waals surface area contributed by atoms with E-state index in [1.54, 1.807) is 0 Å². The summed E-state index contributed by atoms with van der Waals surface area (Å²) in [5, 5.41) is 9.71. The summed E-state index contributed by atoms with van der Waals surface area (Å²) in [6.07, 6.45) is -3.31. The maximum Gasteiger partial charge on any atom is 0.416 e. The molecule has 0 aliphatic carbocycles. The predicted octanol–water partition coefficient (Wildman–Crippen LogP) is 5.93. The van der Waals surface area contributed by atoms with Gasteiger partial charge < -0.3 is 23.9 Å². The Labute approximate surface area is 237 Å². The average Bonchev–Trinajstić information content (AvgIpc) is 3.32. The van der Waals surface area contributed by atoms with E-state index in [1.165, 1.54) is 72.5 Å². The zero-order valence-corrected chi connectivity index (χ0v) is 22.1. The van der Waals surface area contributed by atoms with E-state index < -0.39 is 29.5 Å². The van der Waals surface area contributed by atoms with Crippen molar-refractivity contribution in [2.75, 3.05) is 13.7 Å². The minimum absolute atomic E-state index is 0.0392. The van der Waals surface area contributed by atoms with Crippen molar-refractivity contribution in [1.82, 2.24) is 4.57 Å². The lowest BCUT2D eigenvalue weighted by atomic mass is 10.0. The van der Waals surface area contributed by atoms with E-state index in [1.807, 2.05) is 0 Å². The summed E-state index contributed by atoms with van der Waals surface area (Å²) in [4.78, 5) is 48.5. The van der Waals surface area contributed by atoms with E-state index in [9.17, 15) is 37.5 Å². The van der Waals surface area contributed by atoms with Crippen LogP contribution in [0.5, 0.6) is 17.2 Å². The van der Waals surface area contributed by atoms with Crippen molar-refractivity contribution in [2.45, 2.75) is 25.6 Å². The lowest BCUT2D eigenvalue weighted by Crippen LogP contribution is -2.17. The maximum atomic E-state index is 12.8. The van der Waals surface area contributed by atoms with E-state index in [2.05, 4.69) is 4.74 Å². The predicted molar refractivity (Wildman–Crippen MR) is 143 cm³/mol. The van der Waals surface area contributed by atoms with Crippen molar-refractivity contribution < 1.29 is 51.7 Å². The van der Waals surface area contributed by atoms with E-state index in [0.717, 1.165) is 12.1 Å². The molecule has 0 atom stereocenters. The maximum absolute atomic E-state index is 12.8. The summed E-state index contributed by atoms with van der Waals surface area (Å²) >= 11 is 0. The van der Waals surface area contributed by atoms with Crippen LogP contribution in [0.3, 0.4) is 0 Å². The van der Waals surface area contributed by atoms with Gasteiger partial charge in [0.05, 0.1) is 31.2 Å². The SMILES string of the molecule is COC(=O)CCC(=O)c1cn(CC(=O)COc2ccc(Oc3ccc(C(F)(F)F)cc3)cc2)c2ccc(C(=O)O)cc12. The Morgan fingerprint density at radius 3 is 2.07 bits per heavy atom. The third-order valence-electron chi connectivity index (χ3n) is 6.20. The van der Waals surface area contributed by atoms with E-state index in [-0.39, 0.29) is 48.7 Å². The van der Waals surface area contributed by atoms with Crippen LogP contribution >= 0.6 is 0 Å². The van der Waals surface area contributed by atoms with Crippen molar-refractivity contribution in [3.8, 4) is 17.2 Å². The number of carboxylic acids is 1. The second-order valence-electron chi connectivity index (χ2n) is 9.13. The number of ketones is 2. The molecule has 0 bridgehead atoms. The third-order valence-corrected chi connectivity index (χ3v) is 6.20. The molecule has 4 rings (SSSR count). The van der Waals surface area contributed by atoms with Crippen LogP contribution in [-0.2, 0) is 27.0 Å². The number of methoxy groups -OCH3 is 1. The topological polar surface area (TPSA) is 121 Å². The quantitative estimate of drug-likeness (QED) is 0.161. The van der Waals surface area contributed by atoms with Gasteiger partial charge in [0.25, 0.3) is 0 Å². The van der Waals surface area contributed by atoms with Gasteiger partial charge in [-0.05, 0) is 66.7 Å². The summed E-state index contributed by atoms with van der Waals surface area (Å²) < 4.78 is 55.3. The number of rotatable bonds is 12. The number of aromatic nitrogens is 1. The van der Waals surface area contributed by atoms with Gasteiger partial charge in [-0.2, -0.15) is 13.2 Å². The van der Waals surface area contributed by atoms with Crippen LogP contribution in [0.15, 0.2) is 72.9 Å². The molecule has 0 saturated heterocycles. The molecule has 0 saturated carbocycles. The van der Waals surface area contributed by atoms with Gasteiger partial charge in [-0.15, -0.1) is 0 Å². The number of ether oxygens (including phenoxy) is 3. The largest absolute Gasteiger partial charge is 0.486 e. The smallest absolute Gasteiger partial charge is 0.416 e. The van der Waals surface area contributed by atoms with Crippen LogP contribution in [-0.4, -0.2) is 46.9 Å². The molecular formula is C30H24F3NO8. The lowest BCUT2D eigenvalue weighted by molar-refractivity contribution is -0.140. The molecule has 0 radical (unpaired) electrons. The number of hydrogen-bond acceptors (Lipinski definition) is 7. The Balaban J connectivity index is 1.40. The standard InChI is InChI=1S/C30H24F3NO8/c1-40-28(37)13-12-27(36)25-16-34(26-11-2-18(29(38)39)14-24(25)26)15-20(35)17-41-21-7-9-23(10-8-21)42-22-5-3-19(4-6-22)30(31,32)33/h2-11,14,16H,12-13,15,17H2,1H3,(H,38,39). The molecule has 12 heteroatoms. The van der Waals surface area contributed by atoms with Crippen molar-refractivity contribution in [3.05, 3.63) is 89.6 Å². The van der Waals surface area contributed by atoms with E-state index in [0.29, 0.717) is 22.4 Å². The number of carbonyl (C=O) groups excluding carboxylic acids is 3. The third kappa shape index (κ3) is 7.33. The number of esters is 1. The van der Waals surface area contributed by atoms with Crippen molar-refractivity contribution in [1.29, 1.82) is 0 Å². The molecule has 0 aliphatic heterocycles. The number of halogens is 3. The summed E-state index contributed by atoms with van der Waals surface area (Å²) in [6.45, 7) is -0.500. The Morgan fingerprint density at radius 1 is 0.857 bits per heavy atom. The highest BCUT2D eigenvalue weighted by Crippen LogP contribution is 2.32. The molecule has 1 aromatic heterocycles. The van der Waals surface area contributed by atoms with Crippen LogP contribution in [0.2, 0.25) is 0 Å². The second kappa shape index (κ2) is 12.6. The number of Topliss-reactive ketones (excluding diaryl/α,β-unsaturated/α-hetero) is 2. The highest BCUT2D eigenvalue weighted by molar-refractivity contribution is 6.10. The number of fused-ring (bicyclic) bond motifs is 1. The van der Waals surface area contributed by atoms with Crippen LogP contribution < -0.4 is 9.47 Å². The van der Waals surface area contributed by atoms with Gasteiger partial charge in [0.1, 0.15) is 23.9 Å². The number of carbonyl (C=O) groups is 4. The molecule has 42 heavy (non-hydrogen) atoms. The van der Waals surface area contributed by atoms with Gasteiger partial charge in [0, 0.05) is 29.1 Å². The molecule has 4 aromatic rings. The first-order chi connectivity index (χ1) is 19.9. The van der Waals surface area contributed by atoms with Gasteiger partial charge in [-0.1, -0.05) is 0 Å². The molecule has 3 aromatic carbocycles. The molecule has 0 fully saturated rings. The first kappa shape index (κ1) is 29.8. The molecule has 0 aliphatic rings.